The molecule has 1 aromatic carbocycles. The molecule has 3 nitrogen and oxygen atoms in total. The Morgan fingerprint density at radius 2 is 1.55 bits per heavy atom. The van der Waals surface area contributed by atoms with E-state index in [0.29, 0.717) is 6.42 Å². The third kappa shape index (κ3) is 3.81. The van der Waals surface area contributed by atoms with Crippen LogP contribution in [0.2, 0.25) is 0 Å². The van der Waals surface area contributed by atoms with Crippen molar-refractivity contribution in [1.82, 2.24) is 4.98 Å². The second-order valence-electron chi connectivity index (χ2n) is 4.18. The summed E-state index contributed by atoms with van der Waals surface area (Å²) < 4.78 is 36.3. The quantitative estimate of drug-likeness (QED) is 0.938. The molecule has 1 aromatic heterocycles. The highest BCUT2D eigenvalue weighted by atomic mass is 19.4. The van der Waals surface area contributed by atoms with Gasteiger partial charge in [0, 0.05) is 18.1 Å². The van der Waals surface area contributed by atoms with Crippen LogP contribution in [0.25, 0.3) is 0 Å². The normalized spacial score (nSPS) is 11.2. The Morgan fingerprint density at radius 1 is 1.00 bits per heavy atom. The Kier molecular flexibility index (Phi) is 4.02. The van der Waals surface area contributed by atoms with E-state index in [0.717, 1.165) is 11.1 Å². The lowest BCUT2D eigenvalue weighted by Crippen LogP contribution is -2.29. The number of pyridine rings is 1. The molecule has 0 bridgehead atoms. The van der Waals surface area contributed by atoms with Crippen molar-refractivity contribution in [2.45, 2.75) is 12.6 Å². The summed E-state index contributed by atoms with van der Waals surface area (Å²) in [7, 11) is 0. The van der Waals surface area contributed by atoms with Crippen LogP contribution in [0.5, 0.6) is 0 Å². The summed E-state index contributed by atoms with van der Waals surface area (Å²) in [6.45, 7) is 0. The number of aromatic nitrogens is 1. The molecule has 2 aromatic rings. The predicted molar refractivity (Wildman–Crippen MR) is 68.2 cm³/mol. The van der Waals surface area contributed by atoms with Crippen molar-refractivity contribution in [1.29, 1.82) is 0 Å². The van der Waals surface area contributed by atoms with Crippen LogP contribution < -0.4 is 5.32 Å². The topological polar surface area (TPSA) is 42.0 Å². The fourth-order valence-electron chi connectivity index (χ4n) is 1.64. The van der Waals surface area contributed by atoms with Gasteiger partial charge in [0.05, 0.1) is 0 Å². The van der Waals surface area contributed by atoms with Crippen LogP contribution in [0.4, 0.5) is 18.9 Å². The monoisotopic (exact) mass is 280 g/mol. The van der Waals surface area contributed by atoms with Crippen LogP contribution in [0.1, 0.15) is 11.1 Å². The fourth-order valence-corrected chi connectivity index (χ4v) is 1.64. The van der Waals surface area contributed by atoms with E-state index in [4.69, 9.17) is 0 Å². The summed E-state index contributed by atoms with van der Waals surface area (Å²) in [6.07, 6.45) is -0.883. The number of nitrogens with one attached hydrogen (secondary N) is 1. The van der Waals surface area contributed by atoms with Crippen molar-refractivity contribution in [2.75, 3.05) is 5.32 Å². The Labute approximate surface area is 113 Å². The van der Waals surface area contributed by atoms with E-state index in [-0.39, 0.29) is 5.69 Å². The van der Waals surface area contributed by atoms with Crippen molar-refractivity contribution >= 4 is 11.6 Å². The molecule has 0 fully saturated rings. The average molecular weight is 280 g/mol. The second kappa shape index (κ2) is 5.73. The Balaban J connectivity index is 2.02. The van der Waals surface area contributed by atoms with Gasteiger partial charge < -0.3 is 5.32 Å². The van der Waals surface area contributed by atoms with Crippen LogP contribution in [0.3, 0.4) is 0 Å². The SMILES string of the molecule is O=C(Nc1ccc(Cc2ccncc2)cc1)C(F)(F)F. The Bertz CT molecular complexity index is 580. The smallest absolute Gasteiger partial charge is 0.318 e. The lowest BCUT2D eigenvalue weighted by Gasteiger charge is -2.08. The zero-order chi connectivity index (χ0) is 14.6. The predicted octanol–water partition coefficient (Wildman–Crippen LogP) is 3.17. The minimum atomic E-state index is -4.88. The maximum Gasteiger partial charge on any atom is 0.471 e. The van der Waals surface area contributed by atoms with Gasteiger partial charge in [0.25, 0.3) is 0 Å². The van der Waals surface area contributed by atoms with Crippen LogP contribution >= 0.6 is 0 Å². The third-order valence-corrected chi connectivity index (χ3v) is 2.63. The van der Waals surface area contributed by atoms with Crippen LogP contribution in [-0.2, 0) is 11.2 Å². The highest BCUT2D eigenvalue weighted by molar-refractivity contribution is 5.94. The van der Waals surface area contributed by atoms with Gasteiger partial charge in [-0.2, -0.15) is 13.2 Å². The number of nitrogens with zero attached hydrogens (tertiary/aromatic N) is 1. The highest BCUT2D eigenvalue weighted by Crippen LogP contribution is 2.19. The molecule has 0 radical (unpaired) electrons. The van der Waals surface area contributed by atoms with Crippen LogP contribution in [-0.4, -0.2) is 17.1 Å². The van der Waals surface area contributed by atoms with Crippen molar-refractivity contribution in [3.63, 3.8) is 0 Å². The molecule has 0 spiro atoms. The molecule has 0 aliphatic rings. The van der Waals surface area contributed by atoms with Gasteiger partial charge in [-0.1, -0.05) is 12.1 Å². The molecule has 0 aliphatic heterocycles. The van der Waals surface area contributed by atoms with Crippen molar-refractivity contribution < 1.29 is 18.0 Å². The molecule has 20 heavy (non-hydrogen) atoms. The number of hydrogen-bond acceptors (Lipinski definition) is 2. The Hall–Kier alpha value is -2.37. The van der Waals surface area contributed by atoms with Crippen molar-refractivity contribution in [3.05, 3.63) is 59.9 Å². The first-order valence-corrected chi connectivity index (χ1v) is 5.81. The van der Waals surface area contributed by atoms with E-state index in [2.05, 4.69) is 4.98 Å². The number of carbonyl (C=O) groups excluding carboxylic acids is 1. The summed E-state index contributed by atoms with van der Waals surface area (Å²) >= 11 is 0. The average Bonchev–Trinajstić information content (AvgIpc) is 2.41. The van der Waals surface area contributed by atoms with E-state index in [1.807, 2.05) is 12.1 Å². The van der Waals surface area contributed by atoms with Gasteiger partial charge in [0.1, 0.15) is 0 Å². The van der Waals surface area contributed by atoms with E-state index in [1.165, 1.54) is 12.1 Å². The summed E-state index contributed by atoms with van der Waals surface area (Å²) in [5.74, 6) is -1.97. The second-order valence-corrected chi connectivity index (χ2v) is 4.18. The lowest BCUT2D eigenvalue weighted by atomic mass is 10.1. The number of carbonyl (C=O) groups is 1. The number of halogens is 3. The molecule has 1 heterocycles. The highest BCUT2D eigenvalue weighted by Gasteiger charge is 2.38. The molecule has 1 amide bonds. The number of rotatable bonds is 3. The fraction of sp³-hybridized carbons (Fsp3) is 0.143. The van der Waals surface area contributed by atoms with E-state index in [9.17, 15) is 18.0 Å². The lowest BCUT2D eigenvalue weighted by molar-refractivity contribution is -0.167. The number of hydrogen-bond donors (Lipinski definition) is 1. The van der Waals surface area contributed by atoms with E-state index in [1.54, 1.807) is 29.8 Å². The maximum atomic E-state index is 12.1. The summed E-state index contributed by atoms with van der Waals surface area (Å²) in [5.41, 5.74) is 2.10. The summed E-state index contributed by atoms with van der Waals surface area (Å²) in [6, 6.07) is 9.96. The molecule has 1 N–H and O–H groups in total. The number of anilines is 1. The number of benzene rings is 1. The minimum absolute atomic E-state index is 0.116. The first-order chi connectivity index (χ1) is 9.45. The van der Waals surface area contributed by atoms with Crippen molar-refractivity contribution in [2.24, 2.45) is 0 Å². The molecule has 0 unspecified atom stereocenters. The minimum Gasteiger partial charge on any atom is -0.318 e. The van der Waals surface area contributed by atoms with Gasteiger partial charge in [-0.25, -0.2) is 0 Å². The zero-order valence-corrected chi connectivity index (χ0v) is 10.3. The number of alkyl halides is 3. The van der Waals surface area contributed by atoms with Crippen LogP contribution in [0.15, 0.2) is 48.8 Å². The largest absolute Gasteiger partial charge is 0.471 e. The maximum absolute atomic E-state index is 12.1. The van der Waals surface area contributed by atoms with Gasteiger partial charge >= 0.3 is 12.1 Å². The molecule has 2 rings (SSSR count). The molecule has 0 atom stereocenters. The summed E-state index contributed by atoms with van der Waals surface area (Å²) in [5, 5.41) is 1.80. The van der Waals surface area contributed by atoms with Gasteiger partial charge in [-0.15, -0.1) is 0 Å². The van der Waals surface area contributed by atoms with Crippen LogP contribution in [0, 0.1) is 0 Å². The van der Waals surface area contributed by atoms with E-state index < -0.39 is 12.1 Å². The first kappa shape index (κ1) is 14.0. The molecular weight excluding hydrogens is 269 g/mol. The summed E-state index contributed by atoms with van der Waals surface area (Å²) in [4.78, 5) is 14.7. The van der Waals surface area contributed by atoms with Gasteiger partial charge in [0.15, 0.2) is 0 Å². The molecule has 6 heteroatoms. The van der Waals surface area contributed by atoms with Gasteiger partial charge in [0.2, 0.25) is 0 Å². The van der Waals surface area contributed by atoms with Crippen molar-refractivity contribution in [3.8, 4) is 0 Å². The molecular formula is C14H11F3N2O. The van der Waals surface area contributed by atoms with Gasteiger partial charge in [-0.05, 0) is 41.8 Å². The molecule has 104 valence electrons. The van der Waals surface area contributed by atoms with E-state index >= 15 is 0 Å². The molecule has 0 saturated heterocycles. The standard InChI is InChI=1S/C14H11F3N2O/c15-14(16,17)13(20)19-12-3-1-10(2-4-12)9-11-5-7-18-8-6-11/h1-8H,9H2,(H,19,20). The Morgan fingerprint density at radius 3 is 2.10 bits per heavy atom. The zero-order valence-electron chi connectivity index (χ0n) is 10.3. The molecule has 0 saturated carbocycles. The van der Waals surface area contributed by atoms with Gasteiger partial charge in [-0.3, -0.25) is 9.78 Å². The molecule has 0 aliphatic carbocycles. The first-order valence-electron chi connectivity index (χ1n) is 5.81. The third-order valence-electron chi connectivity index (χ3n) is 2.63. The number of amides is 1.